The fourth-order valence-corrected chi connectivity index (χ4v) is 5.39. The van der Waals surface area contributed by atoms with Crippen LogP contribution in [-0.2, 0) is 28.7 Å². The van der Waals surface area contributed by atoms with Crippen LogP contribution in [0.25, 0.3) is 0 Å². The predicted octanol–water partition coefficient (Wildman–Crippen LogP) is 2.04. The average molecular weight is 362 g/mol. The highest BCUT2D eigenvalue weighted by atomic mass is 32.2. The van der Waals surface area contributed by atoms with E-state index in [-0.39, 0.29) is 0 Å². The minimum Gasteiger partial charge on any atom is -0.340 e. The molecule has 2 aliphatic rings. The number of fused-ring (bicyclic) bond motifs is 1. The summed E-state index contributed by atoms with van der Waals surface area (Å²) in [4.78, 5) is 4.31. The molecular weight excluding hydrogens is 340 g/mol. The molecule has 4 rings (SSSR count). The van der Waals surface area contributed by atoms with Gasteiger partial charge in [-0.15, -0.1) is 0 Å². The Hall–Kier alpha value is -1.77. The molecule has 1 aromatic heterocycles. The molecule has 2 aromatic rings. The van der Waals surface area contributed by atoms with Crippen LogP contribution in [0.4, 0.5) is 0 Å². The zero-order chi connectivity index (χ0) is 17.5. The molecule has 7 nitrogen and oxygen atoms in total. The number of aromatic nitrogens is 2. The molecule has 1 N–H and O–H groups in total. The maximum absolute atomic E-state index is 13.1. The molecule has 1 aromatic carbocycles. The molecule has 0 amide bonds. The molecule has 0 saturated heterocycles. The molecule has 134 valence electrons. The smallest absolute Gasteiger partial charge is 0.280 e. The highest BCUT2D eigenvalue weighted by Gasteiger charge is 2.44. The van der Waals surface area contributed by atoms with Crippen molar-refractivity contribution >= 4 is 10.2 Å². The second kappa shape index (κ2) is 6.19. The topological polar surface area (TPSA) is 88.3 Å². The summed E-state index contributed by atoms with van der Waals surface area (Å²) in [6.45, 7) is 2.59. The molecule has 0 bridgehead atoms. The van der Waals surface area contributed by atoms with E-state index in [1.165, 1.54) is 9.87 Å². The van der Waals surface area contributed by atoms with Crippen molar-refractivity contribution in [3.63, 3.8) is 0 Å². The van der Waals surface area contributed by atoms with Gasteiger partial charge in [0.1, 0.15) is 0 Å². The molecule has 0 spiro atoms. The summed E-state index contributed by atoms with van der Waals surface area (Å²) < 4.78 is 35.7. The second-order valence-corrected chi connectivity index (χ2v) is 8.56. The standard InChI is InChI=1S/C17H22N4O3S/c1-13-18-16(19-24-13)17(9-4-5-10-17)20-25(22,23)21-11-8-14-6-2-3-7-15(14)12-21/h2-3,6-7,20H,4-5,8-12H2,1H3. The van der Waals surface area contributed by atoms with Crippen molar-refractivity contribution in [1.82, 2.24) is 19.2 Å². The molecule has 0 radical (unpaired) electrons. The first-order chi connectivity index (χ1) is 12.0. The van der Waals surface area contributed by atoms with E-state index in [2.05, 4.69) is 20.9 Å². The number of hydrogen-bond donors (Lipinski definition) is 1. The summed E-state index contributed by atoms with van der Waals surface area (Å²) in [5.41, 5.74) is 1.53. The minimum atomic E-state index is -3.65. The average Bonchev–Trinajstić information content (AvgIpc) is 3.24. The summed E-state index contributed by atoms with van der Waals surface area (Å²) >= 11 is 0. The molecular formula is C17H22N4O3S. The van der Waals surface area contributed by atoms with Gasteiger partial charge in [0.25, 0.3) is 10.2 Å². The van der Waals surface area contributed by atoms with Gasteiger partial charge in [0.05, 0.1) is 5.54 Å². The van der Waals surface area contributed by atoms with Crippen LogP contribution in [0.1, 0.15) is 48.5 Å². The maximum Gasteiger partial charge on any atom is 0.280 e. The number of rotatable bonds is 4. The van der Waals surface area contributed by atoms with E-state index in [0.717, 1.165) is 24.8 Å². The summed E-state index contributed by atoms with van der Waals surface area (Å²) in [6.07, 6.45) is 3.99. The lowest BCUT2D eigenvalue weighted by Gasteiger charge is -2.33. The van der Waals surface area contributed by atoms with Crippen LogP contribution >= 0.6 is 0 Å². The van der Waals surface area contributed by atoms with E-state index >= 15 is 0 Å². The monoisotopic (exact) mass is 362 g/mol. The molecule has 25 heavy (non-hydrogen) atoms. The number of benzene rings is 1. The Labute approximate surface area is 147 Å². The van der Waals surface area contributed by atoms with Gasteiger partial charge in [0.2, 0.25) is 5.89 Å². The summed E-state index contributed by atoms with van der Waals surface area (Å²) in [5.74, 6) is 0.899. The predicted molar refractivity (Wildman–Crippen MR) is 91.8 cm³/mol. The van der Waals surface area contributed by atoms with Gasteiger partial charge < -0.3 is 4.52 Å². The Balaban J connectivity index is 1.60. The van der Waals surface area contributed by atoms with Crippen LogP contribution in [0, 0.1) is 6.92 Å². The van der Waals surface area contributed by atoms with Crippen LogP contribution in [0.15, 0.2) is 28.8 Å². The van der Waals surface area contributed by atoms with Crippen LogP contribution < -0.4 is 4.72 Å². The Bertz CT molecular complexity index is 872. The second-order valence-electron chi connectivity index (χ2n) is 6.89. The summed E-state index contributed by atoms with van der Waals surface area (Å²) in [7, 11) is -3.65. The highest BCUT2D eigenvalue weighted by molar-refractivity contribution is 7.87. The van der Waals surface area contributed by atoms with Gasteiger partial charge in [-0.3, -0.25) is 0 Å². The van der Waals surface area contributed by atoms with Crippen molar-refractivity contribution in [3.05, 3.63) is 47.1 Å². The molecule has 1 aliphatic carbocycles. The Morgan fingerprint density at radius 3 is 2.60 bits per heavy atom. The lowest BCUT2D eigenvalue weighted by atomic mass is 9.99. The van der Waals surface area contributed by atoms with Crippen molar-refractivity contribution in [3.8, 4) is 0 Å². The van der Waals surface area contributed by atoms with Crippen LogP contribution in [-0.4, -0.2) is 29.4 Å². The third-order valence-electron chi connectivity index (χ3n) is 5.17. The molecule has 1 aliphatic heterocycles. The first-order valence-corrected chi connectivity index (χ1v) is 10.1. The van der Waals surface area contributed by atoms with Crippen LogP contribution in [0.3, 0.4) is 0 Å². The molecule has 1 saturated carbocycles. The van der Waals surface area contributed by atoms with E-state index in [0.29, 0.717) is 37.6 Å². The quantitative estimate of drug-likeness (QED) is 0.899. The number of nitrogens with one attached hydrogen (secondary N) is 1. The lowest BCUT2D eigenvalue weighted by Crippen LogP contribution is -2.52. The normalized spacial score (nSPS) is 20.5. The largest absolute Gasteiger partial charge is 0.340 e. The SMILES string of the molecule is Cc1nc(C2(NS(=O)(=O)N3CCc4ccccc4C3)CCCC2)no1. The van der Waals surface area contributed by atoms with Gasteiger partial charge in [0.15, 0.2) is 5.82 Å². The van der Waals surface area contributed by atoms with E-state index in [1.54, 1.807) is 6.92 Å². The Morgan fingerprint density at radius 1 is 1.20 bits per heavy atom. The first-order valence-electron chi connectivity index (χ1n) is 8.65. The van der Waals surface area contributed by atoms with Gasteiger partial charge in [-0.05, 0) is 30.4 Å². The fraction of sp³-hybridized carbons (Fsp3) is 0.529. The van der Waals surface area contributed by atoms with Crippen molar-refractivity contribution in [2.45, 2.75) is 51.1 Å². The number of nitrogens with zero attached hydrogens (tertiary/aromatic N) is 3. The molecule has 2 heterocycles. The van der Waals surface area contributed by atoms with E-state index < -0.39 is 15.7 Å². The number of aryl methyl sites for hydroxylation is 1. The van der Waals surface area contributed by atoms with Gasteiger partial charge >= 0.3 is 0 Å². The van der Waals surface area contributed by atoms with E-state index in [9.17, 15) is 8.42 Å². The Morgan fingerprint density at radius 2 is 1.92 bits per heavy atom. The summed E-state index contributed by atoms with van der Waals surface area (Å²) in [5, 5.41) is 4.00. The maximum atomic E-state index is 13.1. The van der Waals surface area contributed by atoms with Crippen LogP contribution in [0.5, 0.6) is 0 Å². The van der Waals surface area contributed by atoms with Crippen molar-refractivity contribution in [2.24, 2.45) is 0 Å². The first kappa shape index (κ1) is 16.7. The highest BCUT2D eigenvalue weighted by Crippen LogP contribution is 2.38. The lowest BCUT2D eigenvalue weighted by molar-refractivity contribution is 0.318. The zero-order valence-corrected chi connectivity index (χ0v) is 15.1. The minimum absolute atomic E-state index is 0.396. The van der Waals surface area contributed by atoms with Crippen LogP contribution in [0.2, 0.25) is 0 Å². The van der Waals surface area contributed by atoms with Gasteiger partial charge in [-0.2, -0.15) is 22.4 Å². The molecule has 0 atom stereocenters. The third kappa shape index (κ3) is 3.09. The van der Waals surface area contributed by atoms with Crippen molar-refractivity contribution in [1.29, 1.82) is 0 Å². The van der Waals surface area contributed by atoms with E-state index in [1.807, 2.05) is 18.2 Å². The fourth-order valence-electron chi connectivity index (χ4n) is 3.83. The third-order valence-corrected chi connectivity index (χ3v) is 6.81. The van der Waals surface area contributed by atoms with Crippen molar-refractivity contribution < 1.29 is 12.9 Å². The summed E-state index contributed by atoms with van der Waals surface area (Å²) in [6, 6.07) is 7.99. The Kier molecular flexibility index (Phi) is 4.13. The molecule has 8 heteroatoms. The van der Waals surface area contributed by atoms with Gasteiger partial charge in [0, 0.05) is 20.0 Å². The van der Waals surface area contributed by atoms with Gasteiger partial charge in [-0.1, -0.05) is 42.3 Å². The molecule has 0 unspecified atom stereocenters. The molecule has 1 fully saturated rings. The number of hydrogen-bond acceptors (Lipinski definition) is 5. The zero-order valence-electron chi connectivity index (χ0n) is 14.2. The van der Waals surface area contributed by atoms with Gasteiger partial charge in [-0.25, -0.2) is 0 Å². The van der Waals surface area contributed by atoms with E-state index in [4.69, 9.17) is 4.52 Å². The van der Waals surface area contributed by atoms with Crippen molar-refractivity contribution in [2.75, 3.05) is 6.54 Å².